The molecule has 1 aromatic heterocycles. The van der Waals surface area contributed by atoms with Crippen LogP contribution in [0.5, 0.6) is 0 Å². The number of allylic oxidation sites excluding steroid dienone is 2. The monoisotopic (exact) mass is 376 g/mol. The predicted octanol–water partition coefficient (Wildman–Crippen LogP) is 3.87. The second-order valence-electron chi connectivity index (χ2n) is 5.73. The molecule has 1 atom stereocenters. The molecule has 2 heterocycles. The quantitative estimate of drug-likeness (QED) is 0.821. The van der Waals surface area contributed by atoms with E-state index in [-0.39, 0.29) is 11.7 Å². The maximum atomic E-state index is 13.0. The number of nitrogens with one attached hydrogen (secondary N) is 2. The van der Waals surface area contributed by atoms with E-state index < -0.39 is 5.92 Å². The number of hydrogen-bond acceptors (Lipinski definition) is 6. The lowest BCUT2D eigenvalue weighted by Gasteiger charge is -2.28. The van der Waals surface area contributed by atoms with Crippen molar-refractivity contribution in [2.75, 3.05) is 11.1 Å². The third-order valence-electron chi connectivity index (χ3n) is 4.03. The zero-order chi connectivity index (χ0) is 19.2. The number of carbonyl (C=O) groups is 1. The standard InChI is InChI=1S/C20H16N4O2S/c1-13-17(19(25)24-14-6-3-2-4-7-14)18(16-8-5-10-26-16)15(12-22)20(23-13)27-11-9-21/h2-8,10,18,23H,11H2,1H3,(H,24,25). The first-order valence-electron chi connectivity index (χ1n) is 8.17. The van der Waals surface area contributed by atoms with Crippen LogP contribution in [-0.4, -0.2) is 11.7 Å². The van der Waals surface area contributed by atoms with Crippen LogP contribution in [-0.2, 0) is 4.79 Å². The van der Waals surface area contributed by atoms with Crippen molar-refractivity contribution in [1.82, 2.24) is 5.32 Å². The van der Waals surface area contributed by atoms with E-state index in [2.05, 4.69) is 22.8 Å². The van der Waals surface area contributed by atoms with Crippen molar-refractivity contribution in [3.8, 4) is 12.1 Å². The summed E-state index contributed by atoms with van der Waals surface area (Å²) in [7, 11) is 0. The van der Waals surface area contributed by atoms with Crippen LogP contribution in [0.4, 0.5) is 5.69 Å². The Hall–Kier alpha value is -3.42. The molecule has 0 saturated carbocycles. The first-order chi connectivity index (χ1) is 13.2. The van der Waals surface area contributed by atoms with Gasteiger partial charge in [-0.3, -0.25) is 4.79 Å². The molecule has 134 valence electrons. The molecule has 3 rings (SSSR count). The fourth-order valence-electron chi connectivity index (χ4n) is 2.89. The average Bonchev–Trinajstić information content (AvgIpc) is 3.20. The minimum absolute atomic E-state index is 0.192. The van der Waals surface area contributed by atoms with E-state index in [0.29, 0.717) is 33.3 Å². The topological polar surface area (TPSA) is 102 Å². The van der Waals surface area contributed by atoms with Crippen LogP contribution in [0.15, 0.2) is 75.0 Å². The van der Waals surface area contributed by atoms with E-state index in [9.17, 15) is 10.1 Å². The number of nitriles is 2. The van der Waals surface area contributed by atoms with Crippen molar-refractivity contribution >= 4 is 23.4 Å². The second-order valence-corrected chi connectivity index (χ2v) is 6.72. The zero-order valence-electron chi connectivity index (χ0n) is 14.5. The minimum Gasteiger partial charge on any atom is -0.468 e. The van der Waals surface area contributed by atoms with Gasteiger partial charge in [0, 0.05) is 11.4 Å². The second kappa shape index (κ2) is 8.31. The van der Waals surface area contributed by atoms with E-state index in [0.717, 1.165) is 0 Å². The first kappa shape index (κ1) is 18.4. The van der Waals surface area contributed by atoms with Gasteiger partial charge in [0.25, 0.3) is 5.91 Å². The van der Waals surface area contributed by atoms with Crippen LogP contribution >= 0.6 is 11.8 Å². The van der Waals surface area contributed by atoms with Crippen LogP contribution in [0.25, 0.3) is 0 Å². The number of furan rings is 1. The molecule has 2 aromatic rings. The molecule has 2 N–H and O–H groups in total. The van der Waals surface area contributed by atoms with Crippen LogP contribution in [0.2, 0.25) is 0 Å². The van der Waals surface area contributed by atoms with Crippen LogP contribution in [0, 0.1) is 22.7 Å². The fraction of sp³-hybridized carbons (Fsp3) is 0.150. The lowest BCUT2D eigenvalue weighted by molar-refractivity contribution is -0.113. The summed E-state index contributed by atoms with van der Waals surface area (Å²) in [6.45, 7) is 1.77. The number of hydrogen-bond donors (Lipinski definition) is 2. The Morgan fingerprint density at radius 1 is 1.26 bits per heavy atom. The lowest BCUT2D eigenvalue weighted by atomic mass is 9.85. The maximum absolute atomic E-state index is 13.0. The molecule has 1 aromatic carbocycles. The summed E-state index contributed by atoms with van der Waals surface area (Å²) in [4.78, 5) is 13.0. The Morgan fingerprint density at radius 3 is 2.67 bits per heavy atom. The van der Waals surface area contributed by atoms with Gasteiger partial charge >= 0.3 is 0 Å². The molecule has 1 unspecified atom stereocenters. The van der Waals surface area contributed by atoms with Crippen molar-refractivity contribution in [2.24, 2.45) is 0 Å². The number of nitrogens with zero attached hydrogens (tertiary/aromatic N) is 2. The molecule has 1 amide bonds. The van der Waals surface area contributed by atoms with Crippen LogP contribution < -0.4 is 10.6 Å². The van der Waals surface area contributed by atoms with E-state index in [1.54, 1.807) is 31.2 Å². The van der Waals surface area contributed by atoms with Crippen molar-refractivity contribution in [3.05, 3.63) is 76.4 Å². The summed E-state index contributed by atoms with van der Waals surface area (Å²) in [5.74, 6) is -0.265. The maximum Gasteiger partial charge on any atom is 0.254 e. The number of amides is 1. The Labute approximate surface area is 161 Å². The minimum atomic E-state index is -0.642. The third-order valence-corrected chi connectivity index (χ3v) is 4.92. The molecule has 0 bridgehead atoms. The van der Waals surface area contributed by atoms with E-state index in [4.69, 9.17) is 9.68 Å². The largest absolute Gasteiger partial charge is 0.468 e. The highest BCUT2D eigenvalue weighted by atomic mass is 32.2. The third kappa shape index (κ3) is 3.89. The Kier molecular flexibility index (Phi) is 5.65. The highest BCUT2D eigenvalue weighted by molar-refractivity contribution is 8.03. The van der Waals surface area contributed by atoms with Gasteiger partial charge in [0.15, 0.2) is 0 Å². The van der Waals surface area contributed by atoms with Gasteiger partial charge in [-0.25, -0.2) is 0 Å². The van der Waals surface area contributed by atoms with Gasteiger partial charge in [-0.05, 0) is 31.2 Å². The molecule has 1 aliphatic rings. The molecular formula is C20H16N4O2S. The first-order valence-corrected chi connectivity index (χ1v) is 9.16. The summed E-state index contributed by atoms with van der Waals surface area (Å²) < 4.78 is 5.54. The molecule has 27 heavy (non-hydrogen) atoms. The van der Waals surface area contributed by atoms with Gasteiger partial charge < -0.3 is 15.1 Å². The SMILES string of the molecule is CC1=C(C(=O)Nc2ccccc2)C(c2ccco2)C(C#N)=C(SCC#N)N1. The van der Waals surface area contributed by atoms with Gasteiger partial charge in [-0.15, -0.1) is 0 Å². The number of dihydropyridines is 1. The highest BCUT2D eigenvalue weighted by Crippen LogP contribution is 2.40. The van der Waals surface area contributed by atoms with E-state index >= 15 is 0 Å². The number of thioether (sulfide) groups is 1. The molecule has 7 heteroatoms. The molecular weight excluding hydrogens is 360 g/mol. The lowest BCUT2D eigenvalue weighted by Crippen LogP contribution is -2.30. The molecule has 1 aliphatic heterocycles. The Bertz CT molecular complexity index is 979. The molecule has 6 nitrogen and oxygen atoms in total. The highest BCUT2D eigenvalue weighted by Gasteiger charge is 2.36. The molecule has 0 saturated heterocycles. The normalized spacial score (nSPS) is 16.3. The van der Waals surface area contributed by atoms with Gasteiger partial charge in [0.05, 0.1) is 46.2 Å². The predicted molar refractivity (Wildman–Crippen MR) is 103 cm³/mol. The Morgan fingerprint density at radius 2 is 2.04 bits per heavy atom. The fourth-order valence-corrected chi connectivity index (χ4v) is 3.64. The van der Waals surface area contributed by atoms with Crippen molar-refractivity contribution in [3.63, 3.8) is 0 Å². The Balaban J connectivity index is 2.02. The zero-order valence-corrected chi connectivity index (χ0v) is 15.3. The van der Waals surface area contributed by atoms with Gasteiger partial charge in [-0.1, -0.05) is 30.0 Å². The van der Waals surface area contributed by atoms with Gasteiger partial charge in [-0.2, -0.15) is 10.5 Å². The summed E-state index contributed by atoms with van der Waals surface area (Å²) in [5, 5.41) is 25.2. The van der Waals surface area contributed by atoms with Crippen LogP contribution in [0.1, 0.15) is 18.6 Å². The summed E-state index contributed by atoms with van der Waals surface area (Å²) in [6, 6.07) is 16.8. The summed E-state index contributed by atoms with van der Waals surface area (Å²) in [5.41, 5.74) is 2.04. The molecule has 0 aliphatic carbocycles. The van der Waals surface area contributed by atoms with Crippen molar-refractivity contribution in [1.29, 1.82) is 10.5 Å². The number of carbonyl (C=O) groups excluding carboxylic acids is 1. The number of anilines is 1. The number of benzene rings is 1. The molecule has 0 radical (unpaired) electrons. The smallest absolute Gasteiger partial charge is 0.254 e. The van der Waals surface area contributed by atoms with E-state index in [1.165, 1.54) is 18.0 Å². The van der Waals surface area contributed by atoms with Gasteiger partial charge in [0.1, 0.15) is 5.76 Å². The average molecular weight is 376 g/mol. The van der Waals surface area contributed by atoms with Crippen molar-refractivity contribution < 1.29 is 9.21 Å². The number of rotatable bonds is 5. The van der Waals surface area contributed by atoms with Gasteiger partial charge in [0.2, 0.25) is 0 Å². The van der Waals surface area contributed by atoms with E-state index in [1.807, 2.05) is 18.2 Å². The summed E-state index contributed by atoms with van der Waals surface area (Å²) >= 11 is 1.23. The number of para-hydroxylation sites is 1. The van der Waals surface area contributed by atoms with Crippen molar-refractivity contribution in [2.45, 2.75) is 12.8 Å². The molecule has 0 spiro atoms. The summed E-state index contributed by atoms with van der Waals surface area (Å²) in [6.07, 6.45) is 1.51. The molecule has 0 fully saturated rings. The van der Waals surface area contributed by atoms with Crippen LogP contribution in [0.3, 0.4) is 0 Å².